The van der Waals surface area contributed by atoms with E-state index in [1.54, 1.807) is 0 Å². The summed E-state index contributed by atoms with van der Waals surface area (Å²) in [6.45, 7) is 4.37. The zero-order chi connectivity index (χ0) is 20.8. The molecule has 0 radical (unpaired) electrons. The summed E-state index contributed by atoms with van der Waals surface area (Å²) in [6, 6.07) is 29.2. The lowest BCUT2D eigenvalue weighted by Gasteiger charge is -2.32. The highest BCUT2D eigenvalue weighted by atomic mass is 15.1. The van der Waals surface area contributed by atoms with E-state index in [-0.39, 0.29) is 0 Å². The van der Waals surface area contributed by atoms with Crippen LogP contribution in [0.4, 0.5) is 5.69 Å². The number of hydrogen-bond acceptors (Lipinski definition) is 3. The van der Waals surface area contributed by atoms with Gasteiger partial charge in [0.05, 0.1) is 0 Å². The van der Waals surface area contributed by atoms with E-state index in [1.165, 1.54) is 53.9 Å². The Morgan fingerprint density at radius 3 is 1.97 bits per heavy atom. The molecule has 1 aliphatic rings. The van der Waals surface area contributed by atoms with E-state index in [0.717, 1.165) is 13.1 Å². The van der Waals surface area contributed by atoms with Crippen molar-refractivity contribution in [2.24, 2.45) is 0 Å². The molecule has 30 heavy (non-hydrogen) atoms. The average molecular weight is 400 g/mol. The molecule has 0 aromatic heterocycles. The summed E-state index contributed by atoms with van der Waals surface area (Å²) in [6.07, 6.45) is 2.45. The van der Waals surface area contributed by atoms with Crippen LogP contribution >= 0.6 is 0 Å². The van der Waals surface area contributed by atoms with Crippen molar-refractivity contribution in [2.75, 3.05) is 32.1 Å². The number of anilines is 1. The van der Waals surface area contributed by atoms with Gasteiger partial charge in [0, 0.05) is 38.9 Å². The smallest absolute Gasteiger partial charge is 0.0361 e. The Kier molecular flexibility index (Phi) is 6.83. The number of benzene rings is 3. The molecule has 0 saturated carbocycles. The first-order valence-corrected chi connectivity index (χ1v) is 11.0. The monoisotopic (exact) mass is 399 g/mol. The molecule has 0 unspecified atom stereocenters. The highest BCUT2D eigenvalue weighted by Crippen LogP contribution is 2.23. The van der Waals surface area contributed by atoms with Crippen molar-refractivity contribution in [3.05, 3.63) is 90.0 Å². The fraction of sp³-hybridized carbons (Fsp3) is 0.333. The fourth-order valence-electron chi connectivity index (χ4n) is 4.17. The van der Waals surface area contributed by atoms with Gasteiger partial charge in [-0.1, -0.05) is 66.7 Å². The fourth-order valence-corrected chi connectivity index (χ4v) is 4.17. The second kappa shape index (κ2) is 9.92. The van der Waals surface area contributed by atoms with Crippen molar-refractivity contribution in [2.45, 2.75) is 32.0 Å². The zero-order valence-electron chi connectivity index (χ0n) is 18.2. The molecule has 1 heterocycles. The summed E-state index contributed by atoms with van der Waals surface area (Å²) >= 11 is 0. The summed E-state index contributed by atoms with van der Waals surface area (Å²) in [7, 11) is 4.15. The first-order valence-electron chi connectivity index (χ1n) is 11.0. The maximum atomic E-state index is 3.77. The third-order valence-electron chi connectivity index (χ3n) is 6.10. The van der Waals surface area contributed by atoms with Gasteiger partial charge in [-0.25, -0.2) is 0 Å². The average Bonchev–Trinajstić information content (AvgIpc) is 2.80. The summed E-state index contributed by atoms with van der Waals surface area (Å²) < 4.78 is 0. The Bertz CT molecular complexity index is 893. The minimum absolute atomic E-state index is 0.621. The van der Waals surface area contributed by atoms with Gasteiger partial charge in [0.2, 0.25) is 0 Å². The summed E-state index contributed by atoms with van der Waals surface area (Å²) in [5, 5.41) is 3.77. The molecule has 156 valence electrons. The molecule has 1 N–H and O–H groups in total. The summed E-state index contributed by atoms with van der Waals surface area (Å²) in [5.41, 5.74) is 6.55. The molecule has 3 nitrogen and oxygen atoms in total. The van der Waals surface area contributed by atoms with Crippen molar-refractivity contribution >= 4 is 5.69 Å². The van der Waals surface area contributed by atoms with Crippen LogP contribution in [0.25, 0.3) is 11.1 Å². The van der Waals surface area contributed by atoms with Crippen LogP contribution in [0.5, 0.6) is 0 Å². The minimum atomic E-state index is 0.621. The molecule has 3 aromatic carbocycles. The first kappa shape index (κ1) is 20.6. The molecule has 0 bridgehead atoms. The maximum absolute atomic E-state index is 3.77. The van der Waals surface area contributed by atoms with Gasteiger partial charge in [-0.2, -0.15) is 0 Å². The minimum Gasteiger partial charge on any atom is -0.378 e. The molecule has 3 aromatic rings. The molecule has 1 saturated heterocycles. The van der Waals surface area contributed by atoms with Crippen molar-refractivity contribution in [1.29, 1.82) is 0 Å². The molecular formula is C27H33N3. The van der Waals surface area contributed by atoms with Gasteiger partial charge < -0.3 is 10.2 Å². The number of hydrogen-bond donors (Lipinski definition) is 1. The Balaban J connectivity index is 1.24. The van der Waals surface area contributed by atoms with E-state index in [0.29, 0.717) is 6.04 Å². The van der Waals surface area contributed by atoms with Crippen molar-refractivity contribution in [3.8, 4) is 11.1 Å². The van der Waals surface area contributed by atoms with Crippen molar-refractivity contribution < 1.29 is 0 Å². The standard InChI is InChI=1S/C27H33N3/c1-29(2)27-14-12-25(13-15-27)24-10-8-22(9-11-24)20-28-26-16-18-30(19-17-26)21-23-6-4-3-5-7-23/h3-15,26,28H,16-21H2,1-2H3. The van der Waals surface area contributed by atoms with Crippen LogP contribution in [0, 0.1) is 0 Å². The van der Waals surface area contributed by atoms with Gasteiger partial charge in [-0.05, 0) is 60.3 Å². The lowest BCUT2D eigenvalue weighted by molar-refractivity contribution is 0.190. The van der Waals surface area contributed by atoms with E-state index in [2.05, 4.69) is 108 Å². The molecular weight excluding hydrogens is 366 g/mol. The van der Waals surface area contributed by atoms with Crippen LogP contribution in [0.3, 0.4) is 0 Å². The van der Waals surface area contributed by atoms with Gasteiger partial charge in [0.1, 0.15) is 0 Å². The van der Waals surface area contributed by atoms with E-state index in [9.17, 15) is 0 Å². The number of nitrogens with zero attached hydrogens (tertiary/aromatic N) is 2. The van der Waals surface area contributed by atoms with Crippen molar-refractivity contribution in [3.63, 3.8) is 0 Å². The largest absolute Gasteiger partial charge is 0.378 e. The molecule has 0 spiro atoms. The van der Waals surface area contributed by atoms with Crippen LogP contribution in [-0.4, -0.2) is 38.1 Å². The van der Waals surface area contributed by atoms with E-state index >= 15 is 0 Å². The van der Waals surface area contributed by atoms with Gasteiger partial charge >= 0.3 is 0 Å². The van der Waals surface area contributed by atoms with Crippen LogP contribution in [0.15, 0.2) is 78.9 Å². The molecule has 3 heteroatoms. The predicted molar refractivity (Wildman–Crippen MR) is 128 cm³/mol. The number of piperidine rings is 1. The van der Waals surface area contributed by atoms with Crippen LogP contribution < -0.4 is 10.2 Å². The van der Waals surface area contributed by atoms with E-state index in [1.807, 2.05) is 0 Å². The lowest BCUT2D eigenvalue weighted by Crippen LogP contribution is -2.41. The quantitative estimate of drug-likeness (QED) is 0.591. The van der Waals surface area contributed by atoms with Gasteiger partial charge in [0.25, 0.3) is 0 Å². The Morgan fingerprint density at radius 2 is 1.37 bits per heavy atom. The van der Waals surface area contributed by atoms with Gasteiger partial charge in [-0.15, -0.1) is 0 Å². The Labute approximate surface area is 181 Å². The first-order chi connectivity index (χ1) is 14.7. The Morgan fingerprint density at radius 1 is 0.767 bits per heavy atom. The highest BCUT2D eigenvalue weighted by molar-refractivity contribution is 5.66. The molecule has 0 amide bonds. The molecule has 0 aliphatic carbocycles. The van der Waals surface area contributed by atoms with Crippen LogP contribution in [0.1, 0.15) is 24.0 Å². The molecule has 0 atom stereocenters. The Hall–Kier alpha value is -2.62. The highest BCUT2D eigenvalue weighted by Gasteiger charge is 2.18. The lowest BCUT2D eigenvalue weighted by atomic mass is 10.0. The number of nitrogens with one attached hydrogen (secondary N) is 1. The maximum Gasteiger partial charge on any atom is 0.0361 e. The molecule has 1 aliphatic heterocycles. The van der Waals surface area contributed by atoms with Gasteiger partial charge in [-0.3, -0.25) is 4.90 Å². The third kappa shape index (κ3) is 5.50. The number of rotatable bonds is 7. The zero-order valence-corrected chi connectivity index (χ0v) is 18.2. The van der Waals surface area contributed by atoms with Crippen LogP contribution in [0.2, 0.25) is 0 Å². The van der Waals surface area contributed by atoms with Crippen LogP contribution in [-0.2, 0) is 13.1 Å². The normalized spacial score (nSPS) is 15.3. The SMILES string of the molecule is CN(C)c1ccc(-c2ccc(CNC3CCN(Cc4ccccc4)CC3)cc2)cc1. The van der Waals surface area contributed by atoms with Crippen molar-refractivity contribution in [1.82, 2.24) is 10.2 Å². The number of likely N-dealkylation sites (tertiary alicyclic amines) is 1. The summed E-state index contributed by atoms with van der Waals surface area (Å²) in [5.74, 6) is 0. The van der Waals surface area contributed by atoms with Gasteiger partial charge in [0.15, 0.2) is 0 Å². The van der Waals surface area contributed by atoms with E-state index in [4.69, 9.17) is 0 Å². The van der Waals surface area contributed by atoms with E-state index < -0.39 is 0 Å². The molecule has 1 fully saturated rings. The molecule has 4 rings (SSSR count). The third-order valence-corrected chi connectivity index (χ3v) is 6.10. The topological polar surface area (TPSA) is 18.5 Å². The second-order valence-electron chi connectivity index (χ2n) is 8.56. The summed E-state index contributed by atoms with van der Waals surface area (Å²) in [4.78, 5) is 4.70. The predicted octanol–water partition coefficient (Wildman–Crippen LogP) is 5.17. The second-order valence-corrected chi connectivity index (χ2v) is 8.56.